The summed E-state index contributed by atoms with van der Waals surface area (Å²) in [6.45, 7) is 0.549. The Morgan fingerprint density at radius 3 is 2.78 bits per heavy atom. The van der Waals surface area contributed by atoms with Gasteiger partial charge in [-0.1, -0.05) is 11.6 Å². The van der Waals surface area contributed by atoms with Crippen molar-refractivity contribution in [3.05, 3.63) is 34.6 Å². The summed E-state index contributed by atoms with van der Waals surface area (Å²) in [4.78, 5) is 13.4. The van der Waals surface area contributed by atoms with Gasteiger partial charge in [0.25, 0.3) is 5.91 Å². The lowest BCUT2D eigenvalue weighted by atomic mass is 10.2. The maximum atomic E-state index is 13.6. The van der Waals surface area contributed by atoms with Crippen molar-refractivity contribution in [2.45, 2.75) is 0 Å². The number of methoxy groups -OCH3 is 1. The van der Waals surface area contributed by atoms with E-state index in [4.69, 9.17) is 21.4 Å². The predicted molar refractivity (Wildman–Crippen MR) is 66.3 cm³/mol. The molecule has 0 heterocycles. The summed E-state index contributed by atoms with van der Waals surface area (Å²) in [5.74, 6) is -1.16. The Bertz CT molecular complexity index is 414. The zero-order valence-electron chi connectivity index (χ0n) is 10.0. The summed E-state index contributed by atoms with van der Waals surface area (Å²) in [5, 5.41) is 9.13. The smallest absolute Gasteiger partial charge is 0.256 e. The molecule has 0 bridgehead atoms. The largest absolute Gasteiger partial charge is 0.395 e. The van der Waals surface area contributed by atoms with Crippen molar-refractivity contribution in [1.29, 1.82) is 0 Å². The van der Waals surface area contributed by atoms with Crippen LogP contribution in [0.4, 0.5) is 4.39 Å². The van der Waals surface area contributed by atoms with Gasteiger partial charge in [0.2, 0.25) is 0 Å². The van der Waals surface area contributed by atoms with E-state index in [1.165, 1.54) is 24.1 Å². The molecule has 1 amide bonds. The fourth-order valence-electron chi connectivity index (χ4n) is 1.47. The normalized spacial score (nSPS) is 10.4. The second-order valence-corrected chi connectivity index (χ2v) is 4.07. The Kier molecular flexibility index (Phi) is 6.04. The number of carbonyl (C=O) groups excluding carboxylic acids is 1. The molecular formula is C12H15ClFNO3. The van der Waals surface area contributed by atoms with Crippen molar-refractivity contribution in [2.24, 2.45) is 0 Å². The molecule has 0 spiro atoms. The van der Waals surface area contributed by atoms with Crippen LogP contribution in [0, 0.1) is 5.82 Å². The van der Waals surface area contributed by atoms with Gasteiger partial charge in [0, 0.05) is 25.2 Å². The first-order valence-electron chi connectivity index (χ1n) is 5.44. The Hall–Kier alpha value is -1.17. The third-order valence-corrected chi connectivity index (χ3v) is 2.62. The third-order valence-electron chi connectivity index (χ3n) is 2.38. The quantitative estimate of drug-likeness (QED) is 0.857. The number of halogens is 2. The minimum atomic E-state index is -0.673. The molecule has 0 saturated carbocycles. The molecule has 6 heteroatoms. The van der Waals surface area contributed by atoms with Gasteiger partial charge in [0.15, 0.2) is 0 Å². The van der Waals surface area contributed by atoms with Gasteiger partial charge in [-0.2, -0.15) is 0 Å². The lowest BCUT2D eigenvalue weighted by Crippen LogP contribution is -2.36. The van der Waals surface area contributed by atoms with E-state index in [1.54, 1.807) is 0 Å². The van der Waals surface area contributed by atoms with E-state index in [-0.39, 0.29) is 30.3 Å². The number of benzene rings is 1. The van der Waals surface area contributed by atoms with Crippen LogP contribution in [0.1, 0.15) is 10.4 Å². The van der Waals surface area contributed by atoms with E-state index in [0.717, 1.165) is 6.07 Å². The molecule has 0 atom stereocenters. The molecule has 0 saturated heterocycles. The van der Waals surface area contributed by atoms with Crippen LogP contribution in [0.3, 0.4) is 0 Å². The second kappa shape index (κ2) is 7.31. The van der Waals surface area contributed by atoms with Gasteiger partial charge >= 0.3 is 0 Å². The lowest BCUT2D eigenvalue weighted by Gasteiger charge is -2.21. The molecule has 0 fully saturated rings. The minimum absolute atomic E-state index is 0.0658. The first kappa shape index (κ1) is 14.9. The zero-order chi connectivity index (χ0) is 13.5. The summed E-state index contributed by atoms with van der Waals surface area (Å²) < 4.78 is 18.5. The summed E-state index contributed by atoms with van der Waals surface area (Å²) in [5.41, 5.74) is -0.0658. The highest BCUT2D eigenvalue weighted by atomic mass is 35.5. The Morgan fingerprint density at radius 2 is 2.22 bits per heavy atom. The predicted octanol–water partition coefficient (Wildman–Crippen LogP) is 1.56. The van der Waals surface area contributed by atoms with Crippen molar-refractivity contribution in [2.75, 3.05) is 33.4 Å². The topological polar surface area (TPSA) is 49.8 Å². The third kappa shape index (κ3) is 3.94. The van der Waals surface area contributed by atoms with Crippen LogP contribution in [0.5, 0.6) is 0 Å². The number of aliphatic hydroxyl groups excluding tert-OH is 1. The van der Waals surface area contributed by atoms with Gasteiger partial charge in [0.05, 0.1) is 18.8 Å². The van der Waals surface area contributed by atoms with Crippen LogP contribution in [-0.4, -0.2) is 49.3 Å². The Morgan fingerprint density at radius 1 is 1.50 bits per heavy atom. The molecule has 18 heavy (non-hydrogen) atoms. The van der Waals surface area contributed by atoms with Crippen molar-refractivity contribution in [1.82, 2.24) is 4.90 Å². The standard InChI is InChI=1S/C12H15ClFNO3/c1-18-7-5-15(4-6-16)12(17)10-3-2-9(13)8-11(10)14/h2-3,8,16H,4-7H2,1H3. The molecular weight excluding hydrogens is 261 g/mol. The van der Waals surface area contributed by atoms with E-state index in [2.05, 4.69) is 0 Å². The molecule has 0 aromatic heterocycles. The first-order valence-corrected chi connectivity index (χ1v) is 5.82. The molecule has 0 aliphatic carbocycles. The van der Waals surface area contributed by atoms with Crippen molar-refractivity contribution in [3.8, 4) is 0 Å². The second-order valence-electron chi connectivity index (χ2n) is 3.63. The van der Waals surface area contributed by atoms with Gasteiger partial charge < -0.3 is 14.7 Å². The summed E-state index contributed by atoms with van der Waals surface area (Å²) in [6, 6.07) is 3.87. The maximum Gasteiger partial charge on any atom is 0.256 e. The lowest BCUT2D eigenvalue weighted by molar-refractivity contribution is 0.0652. The Labute approximate surface area is 110 Å². The number of amides is 1. The highest BCUT2D eigenvalue weighted by molar-refractivity contribution is 6.30. The summed E-state index contributed by atoms with van der Waals surface area (Å²) in [6.07, 6.45) is 0. The fraction of sp³-hybridized carbons (Fsp3) is 0.417. The highest BCUT2D eigenvalue weighted by Gasteiger charge is 2.18. The van der Waals surface area contributed by atoms with Crippen LogP contribution >= 0.6 is 11.6 Å². The fourth-order valence-corrected chi connectivity index (χ4v) is 1.63. The summed E-state index contributed by atoms with van der Waals surface area (Å²) >= 11 is 5.62. The molecule has 1 aromatic carbocycles. The number of rotatable bonds is 6. The highest BCUT2D eigenvalue weighted by Crippen LogP contribution is 2.16. The van der Waals surface area contributed by atoms with Gasteiger partial charge in [-0.25, -0.2) is 4.39 Å². The monoisotopic (exact) mass is 275 g/mol. The zero-order valence-corrected chi connectivity index (χ0v) is 10.8. The molecule has 1 N–H and O–H groups in total. The number of aliphatic hydroxyl groups is 1. The number of hydrogen-bond acceptors (Lipinski definition) is 3. The van der Waals surface area contributed by atoms with Crippen molar-refractivity contribution in [3.63, 3.8) is 0 Å². The molecule has 4 nitrogen and oxygen atoms in total. The molecule has 0 aliphatic rings. The number of hydrogen-bond donors (Lipinski definition) is 1. The average Bonchev–Trinajstić information content (AvgIpc) is 2.33. The van der Waals surface area contributed by atoms with Gasteiger partial charge in [-0.15, -0.1) is 0 Å². The molecule has 100 valence electrons. The molecule has 0 unspecified atom stereocenters. The minimum Gasteiger partial charge on any atom is -0.395 e. The van der Waals surface area contributed by atoms with Gasteiger partial charge in [-0.05, 0) is 18.2 Å². The van der Waals surface area contributed by atoms with E-state index >= 15 is 0 Å². The average molecular weight is 276 g/mol. The maximum absolute atomic E-state index is 13.6. The van der Waals surface area contributed by atoms with E-state index in [9.17, 15) is 9.18 Å². The van der Waals surface area contributed by atoms with E-state index in [0.29, 0.717) is 6.61 Å². The first-order chi connectivity index (χ1) is 8.60. The van der Waals surface area contributed by atoms with Gasteiger partial charge in [-0.3, -0.25) is 4.79 Å². The van der Waals surface area contributed by atoms with E-state index < -0.39 is 11.7 Å². The molecule has 1 aromatic rings. The number of carbonyl (C=O) groups is 1. The van der Waals surface area contributed by atoms with Crippen molar-refractivity contribution < 1.29 is 19.0 Å². The molecule has 0 aliphatic heterocycles. The molecule has 1 rings (SSSR count). The van der Waals surface area contributed by atoms with Crippen LogP contribution in [0.15, 0.2) is 18.2 Å². The van der Waals surface area contributed by atoms with Gasteiger partial charge in [0.1, 0.15) is 5.82 Å². The Balaban J connectivity index is 2.87. The van der Waals surface area contributed by atoms with Crippen LogP contribution in [-0.2, 0) is 4.74 Å². The molecule has 0 radical (unpaired) electrons. The summed E-state index contributed by atoms with van der Waals surface area (Å²) in [7, 11) is 1.50. The number of ether oxygens (including phenoxy) is 1. The van der Waals surface area contributed by atoms with Crippen molar-refractivity contribution >= 4 is 17.5 Å². The number of nitrogens with zero attached hydrogens (tertiary/aromatic N) is 1. The van der Waals surface area contributed by atoms with Crippen LogP contribution in [0.2, 0.25) is 5.02 Å². The SMILES string of the molecule is COCCN(CCO)C(=O)c1ccc(Cl)cc1F. The van der Waals surface area contributed by atoms with Crippen LogP contribution in [0.25, 0.3) is 0 Å². The van der Waals surface area contributed by atoms with E-state index in [1.807, 2.05) is 0 Å². The van der Waals surface area contributed by atoms with Crippen LogP contribution < -0.4 is 0 Å².